The zero-order valence-electron chi connectivity index (χ0n) is 12.0. The lowest BCUT2D eigenvalue weighted by Gasteiger charge is -2.34. The summed E-state index contributed by atoms with van der Waals surface area (Å²) in [6, 6.07) is -0.530. The van der Waals surface area contributed by atoms with Crippen LogP contribution in [0.3, 0.4) is 0 Å². The van der Waals surface area contributed by atoms with Crippen LogP contribution in [0.4, 0.5) is 5.82 Å². The molecule has 0 spiro atoms. The van der Waals surface area contributed by atoms with E-state index in [1.165, 1.54) is 15.7 Å². The molecule has 1 amide bonds. The largest absolute Gasteiger partial charge is 0.481 e. The molecule has 1 fully saturated rings. The number of hydrogen-bond acceptors (Lipinski definition) is 6. The standard InChI is InChI=1S/C12H16N4O6/c1-8-13-10(16(20)21)5-14(8)6-11(17)15-2-3-22-7-9(15)4-12(18)19/h5,9H,2-4,6-7H2,1H3,(H,18,19). The van der Waals surface area contributed by atoms with E-state index in [4.69, 9.17) is 9.84 Å². The molecular weight excluding hydrogens is 296 g/mol. The van der Waals surface area contributed by atoms with Crippen LogP contribution in [0.2, 0.25) is 0 Å². The maximum atomic E-state index is 12.3. The van der Waals surface area contributed by atoms with Gasteiger partial charge in [-0.15, -0.1) is 0 Å². The summed E-state index contributed by atoms with van der Waals surface area (Å²) in [5, 5.41) is 19.6. The average molecular weight is 312 g/mol. The summed E-state index contributed by atoms with van der Waals surface area (Å²) in [6.07, 6.45) is 0.995. The number of imidazole rings is 1. The molecular formula is C12H16N4O6. The smallest absolute Gasteiger partial charge is 0.381 e. The highest BCUT2D eigenvalue weighted by Gasteiger charge is 2.30. The second-order valence-corrected chi connectivity index (χ2v) is 4.95. The lowest BCUT2D eigenvalue weighted by atomic mass is 10.1. The van der Waals surface area contributed by atoms with Crippen molar-refractivity contribution in [2.45, 2.75) is 25.9 Å². The molecule has 0 aromatic carbocycles. The van der Waals surface area contributed by atoms with E-state index >= 15 is 0 Å². The minimum atomic E-state index is -1.01. The number of morpholine rings is 1. The van der Waals surface area contributed by atoms with Crippen LogP contribution in [-0.2, 0) is 20.9 Å². The van der Waals surface area contributed by atoms with Crippen molar-refractivity contribution in [2.24, 2.45) is 0 Å². The van der Waals surface area contributed by atoms with E-state index in [0.29, 0.717) is 19.0 Å². The molecule has 1 aromatic heterocycles. The molecule has 120 valence electrons. The van der Waals surface area contributed by atoms with Crippen LogP contribution in [0.25, 0.3) is 0 Å². The average Bonchev–Trinajstić information content (AvgIpc) is 2.80. The highest BCUT2D eigenvalue weighted by atomic mass is 16.6. The molecule has 2 rings (SSSR count). The molecule has 10 heteroatoms. The van der Waals surface area contributed by atoms with Crippen molar-refractivity contribution in [1.82, 2.24) is 14.5 Å². The molecule has 0 saturated carbocycles. The Morgan fingerprint density at radius 2 is 2.32 bits per heavy atom. The first kappa shape index (κ1) is 15.9. The van der Waals surface area contributed by atoms with Crippen LogP contribution in [0.5, 0.6) is 0 Å². The van der Waals surface area contributed by atoms with Crippen LogP contribution >= 0.6 is 0 Å². The summed E-state index contributed by atoms with van der Waals surface area (Å²) in [4.78, 5) is 38.4. The number of carboxylic acids is 1. The van der Waals surface area contributed by atoms with Crippen LogP contribution in [0, 0.1) is 17.0 Å². The van der Waals surface area contributed by atoms with E-state index in [1.54, 1.807) is 6.92 Å². The molecule has 1 atom stereocenters. The van der Waals surface area contributed by atoms with Gasteiger partial charge in [-0.25, -0.2) is 0 Å². The molecule has 0 radical (unpaired) electrons. The molecule has 1 aliphatic rings. The second-order valence-electron chi connectivity index (χ2n) is 4.95. The third-order valence-corrected chi connectivity index (χ3v) is 3.41. The summed E-state index contributed by atoms with van der Waals surface area (Å²) in [5.41, 5.74) is 0. The van der Waals surface area contributed by atoms with Gasteiger partial charge in [0, 0.05) is 13.5 Å². The number of nitro groups is 1. The van der Waals surface area contributed by atoms with Crippen LogP contribution in [0.15, 0.2) is 6.20 Å². The number of aliphatic carboxylic acids is 1. The molecule has 0 aliphatic carbocycles. The lowest BCUT2D eigenvalue weighted by Crippen LogP contribution is -2.50. The van der Waals surface area contributed by atoms with Gasteiger partial charge in [0.05, 0.1) is 25.7 Å². The van der Waals surface area contributed by atoms with Crippen molar-refractivity contribution in [3.8, 4) is 0 Å². The monoisotopic (exact) mass is 312 g/mol. The Bertz CT molecular complexity index is 598. The molecule has 2 heterocycles. The molecule has 10 nitrogen and oxygen atoms in total. The van der Waals surface area contributed by atoms with E-state index < -0.39 is 16.9 Å². The van der Waals surface area contributed by atoms with Gasteiger partial charge in [-0.05, 0) is 9.91 Å². The third-order valence-electron chi connectivity index (χ3n) is 3.41. The molecule has 1 aromatic rings. The zero-order valence-corrected chi connectivity index (χ0v) is 12.0. The summed E-state index contributed by atoms with van der Waals surface area (Å²) < 4.78 is 6.59. The Kier molecular flexibility index (Phi) is 4.71. The number of rotatable bonds is 5. The quantitative estimate of drug-likeness (QED) is 0.589. The fourth-order valence-electron chi connectivity index (χ4n) is 2.33. The molecule has 1 saturated heterocycles. The predicted octanol–water partition coefficient (Wildman–Crippen LogP) is -0.198. The van der Waals surface area contributed by atoms with E-state index in [2.05, 4.69) is 4.98 Å². The van der Waals surface area contributed by atoms with Gasteiger partial charge < -0.3 is 24.9 Å². The summed E-state index contributed by atoms with van der Waals surface area (Å²) in [6.45, 7) is 2.25. The second kappa shape index (κ2) is 6.52. The van der Waals surface area contributed by atoms with Gasteiger partial charge in [0.25, 0.3) is 0 Å². The van der Waals surface area contributed by atoms with Gasteiger partial charge in [-0.2, -0.15) is 0 Å². The molecule has 1 N–H and O–H groups in total. The fourth-order valence-corrected chi connectivity index (χ4v) is 2.33. The normalized spacial score (nSPS) is 18.2. The van der Waals surface area contributed by atoms with Crippen LogP contribution in [-0.4, -0.2) is 62.2 Å². The van der Waals surface area contributed by atoms with Crippen LogP contribution in [0.1, 0.15) is 12.2 Å². The van der Waals surface area contributed by atoms with Gasteiger partial charge in [0.1, 0.15) is 12.7 Å². The topological polar surface area (TPSA) is 128 Å². The van der Waals surface area contributed by atoms with Crippen LogP contribution < -0.4 is 0 Å². The number of aromatic nitrogens is 2. The SMILES string of the molecule is Cc1nc([N+](=O)[O-])cn1CC(=O)N1CCOCC1CC(=O)O. The van der Waals surface area contributed by atoms with E-state index in [1.807, 2.05) is 0 Å². The van der Waals surface area contributed by atoms with Crippen molar-refractivity contribution >= 4 is 17.7 Å². The zero-order chi connectivity index (χ0) is 16.3. The highest BCUT2D eigenvalue weighted by Crippen LogP contribution is 2.14. The first-order chi connectivity index (χ1) is 10.4. The number of amides is 1. The van der Waals surface area contributed by atoms with Gasteiger partial charge >= 0.3 is 11.8 Å². The van der Waals surface area contributed by atoms with Crippen molar-refractivity contribution in [1.29, 1.82) is 0 Å². The van der Waals surface area contributed by atoms with Gasteiger partial charge in [0.15, 0.2) is 0 Å². The predicted molar refractivity (Wildman–Crippen MR) is 72.2 cm³/mol. The van der Waals surface area contributed by atoms with Gasteiger partial charge in [-0.1, -0.05) is 0 Å². The fraction of sp³-hybridized carbons (Fsp3) is 0.583. The Labute approximate surface area is 125 Å². The lowest BCUT2D eigenvalue weighted by molar-refractivity contribution is -0.389. The maximum Gasteiger partial charge on any atom is 0.381 e. The van der Waals surface area contributed by atoms with Gasteiger partial charge in [0.2, 0.25) is 11.7 Å². The Morgan fingerprint density at radius 3 is 2.91 bits per heavy atom. The molecule has 1 unspecified atom stereocenters. The Morgan fingerprint density at radius 1 is 1.59 bits per heavy atom. The number of carbonyl (C=O) groups excluding carboxylic acids is 1. The first-order valence-corrected chi connectivity index (χ1v) is 6.65. The number of carbonyl (C=O) groups is 2. The minimum Gasteiger partial charge on any atom is -0.481 e. The summed E-state index contributed by atoms with van der Waals surface area (Å²) >= 11 is 0. The van der Waals surface area contributed by atoms with E-state index in [-0.39, 0.29) is 31.3 Å². The molecule has 0 bridgehead atoms. The maximum absolute atomic E-state index is 12.3. The van der Waals surface area contributed by atoms with Crippen molar-refractivity contribution in [3.05, 3.63) is 22.1 Å². The number of ether oxygens (including phenoxy) is 1. The Hall–Kier alpha value is -2.49. The van der Waals surface area contributed by atoms with Gasteiger partial charge in [-0.3, -0.25) is 14.2 Å². The first-order valence-electron chi connectivity index (χ1n) is 6.65. The molecule has 1 aliphatic heterocycles. The number of carboxylic acid groups (broad SMARTS) is 1. The number of hydrogen-bond donors (Lipinski definition) is 1. The summed E-state index contributed by atoms with van der Waals surface area (Å²) in [7, 11) is 0. The third kappa shape index (κ3) is 3.58. The van der Waals surface area contributed by atoms with Crippen molar-refractivity contribution in [3.63, 3.8) is 0 Å². The van der Waals surface area contributed by atoms with Crippen molar-refractivity contribution < 1.29 is 24.4 Å². The highest BCUT2D eigenvalue weighted by molar-refractivity contribution is 5.77. The van der Waals surface area contributed by atoms with E-state index in [9.17, 15) is 19.7 Å². The number of nitrogens with zero attached hydrogens (tertiary/aromatic N) is 4. The minimum absolute atomic E-state index is 0.122. The molecule has 22 heavy (non-hydrogen) atoms. The summed E-state index contributed by atoms with van der Waals surface area (Å²) in [5.74, 6) is -1.30. The Balaban J connectivity index is 2.09. The number of aryl methyl sites for hydroxylation is 1. The van der Waals surface area contributed by atoms with E-state index in [0.717, 1.165) is 0 Å². The van der Waals surface area contributed by atoms with Crippen molar-refractivity contribution in [2.75, 3.05) is 19.8 Å².